The molecular weight excluding hydrogens is 254 g/mol. The molecule has 1 rings (SSSR count). The Morgan fingerprint density at radius 2 is 2.11 bits per heavy atom. The van der Waals surface area contributed by atoms with Gasteiger partial charge in [-0.3, -0.25) is 0 Å². The van der Waals surface area contributed by atoms with Gasteiger partial charge in [0.1, 0.15) is 9.84 Å². The summed E-state index contributed by atoms with van der Waals surface area (Å²) in [4.78, 5) is 2.06. The molecule has 3 unspecified atom stereocenters. The Morgan fingerprint density at radius 1 is 1.44 bits per heavy atom. The van der Waals surface area contributed by atoms with E-state index in [-0.39, 0.29) is 11.3 Å². The molecule has 5 nitrogen and oxygen atoms in total. The zero-order chi connectivity index (χ0) is 13.8. The highest BCUT2D eigenvalue weighted by Gasteiger charge is 2.31. The Bertz CT molecular complexity index is 344. The first-order valence-electron chi connectivity index (χ1n) is 6.40. The molecule has 0 bridgehead atoms. The summed E-state index contributed by atoms with van der Waals surface area (Å²) < 4.78 is 28.1. The second-order valence-electron chi connectivity index (χ2n) is 5.32. The topological polar surface area (TPSA) is 66.8 Å². The average molecular weight is 279 g/mol. The van der Waals surface area contributed by atoms with E-state index in [0.29, 0.717) is 19.6 Å². The molecule has 0 aromatic heterocycles. The van der Waals surface area contributed by atoms with Crippen LogP contribution in [-0.2, 0) is 14.6 Å². The Labute approximate surface area is 110 Å². The maximum atomic E-state index is 11.6. The van der Waals surface area contributed by atoms with E-state index >= 15 is 0 Å². The number of hydrogen-bond donors (Lipinski definition) is 1. The fourth-order valence-corrected chi connectivity index (χ4v) is 3.80. The molecule has 0 amide bonds. The molecule has 0 spiro atoms. The minimum Gasteiger partial charge on any atom is -0.389 e. The number of aliphatic hydroxyl groups excluding tert-OH is 1. The van der Waals surface area contributed by atoms with Crippen LogP contribution in [-0.4, -0.2) is 69.4 Å². The Morgan fingerprint density at radius 3 is 2.67 bits per heavy atom. The average Bonchev–Trinajstić information content (AvgIpc) is 2.28. The van der Waals surface area contributed by atoms with Gasteiger partial charge in [0, 0.05) is 26.0 Å². The Balaban J connectivity index is 2.50. The van der Waals surface area contributed by atoms with Gasteiger partial charge >= 0.3 is 0 Å². The third kappa shape index (κ3) is 4.84. The van der Waals surface area contributed by atoms with Crippen LogP contribution in [0, 0.1) is 0 Å². The number of ether oxygens (including phenoxy) is 1. The monoisotopic (exact) mass is 279 g/mol. The van der Waals surface area contributed by atoms with Crippen molar-refractivity contribution in [3.8, 4) is 0 Å². The van der Waals surface area contributed by atoms with Crippen molar-refractivity contribution in [2.75, 3.05) is 33.6 Å². The second kappa shape index (κ2) is 6.84. The molecule has 0 aromatic rings. The van der Waals surface area contributed by atoms with Gasteiger partial charge in [0.25, 0.3) is 0 Å². The molecule has 1 fully saturated rings. The normalized spacial score (nSPS) is 27.4. The zero-order valence-corrected chi connectivity index (χ0v) is 12.3. The van der Waals surface area contributed by atoms with Gasteiger partial charge in [-0.25, -0.2) is 8.42 Å². The van der Waals surface area contributed by atoms with Crippen LogP contribution in [0.5, 0.6) is 0 Å². The minimum absolute atomic E-state index is 0.224. The van der Waals surface area contributed by atoms with Gasteiger partial charge in [0.05, 0.1) is 18.0 Å². The molecule has 1 aliphatic carbocycles. The van der Waals surface area contributed by atoms with Gasteiger partial charge in [-0.1, -0.05) is 6.42 Å². The van der Waals surface area contributed by atoms with E-state index < -0.39 is 15.9 Å². The SMILES string of the molecule is COCC(O)CN(C)C1CCCC(S(C)(=O)=O)C1. The quantitative estimate of drug-likeness (QED) is 0.756. The van der Waals surface area contributed by atoms with Crippen LogP contribution >= 0.6 is 0 Å². The van der Waals surface area contributed by atoms with Crippen LogP contribution in [0.15, 0.2) is 0 Å². The largest absolute Gasteiger partial charge is 0.389 e. The maximum absolute atomic E-state index is 11.6. The highest BCUT2D eigenvalue weighted by atomic mass is 32.2. The van der Waals surface area contributed by atoms with E-state index in [2.05, 4.69) is 4.90 Å². The van der Waals surface area contributed by atoms with Gasteiger partial charge in [-0.15, -0.1) is 0 Å². The molecule has 108 valence electrons. The lowest BCUT2D eigenvalue weighted by Crippen LogP contribution is -2.43. The highest BCUT2D eigenvalue weighted by Crippen LogP contribution is 2.26. The van der Waals surface area contributed by atoms with Crippen LogP contribution in [0.1, 0.15) is 25.7 Å². The predicted molar refractivity (Wildman–Crippen MR) is 71.4 cm³/mol. The van der Waals surface area contributed by atoms with Crippen LogP contribution < -0.4 is 0 Å². The first-order chi connectivity index (χ1) is 8.34. The maximum Gasteiger partial charge on any atom is 0.150 e. The number of nitrogens with zero attached hydrogens (tertiary/aromatic N) is 1. The number of rotatable bonds is 6. The third-order valence-electron chi connectivity index (χ3n) is 3.69. The van der Waals surface area contributed by atoms with Gasteiger partial charge in [0.15, 0.2) is 0 Å². The Hall–Kier alpha value is -0.170. The summed E-state index contributed by atoms with van der Waals surface area (Å²) in [5, 5.41) is 9.47. The van der Waals surface area contributed by atoms with Crippen molar-refractivity contribution in [3.63, 3.8) is 0 Å². The van der Waals surface area contributed by atoms with Crippen molar-refractivity contribution in [1.82, 2.24) is 4.90 Å². The molecule has 0 saturated heterocycles. The van der Waals surface area contributed by atoms with E-state index in [1.54, 1.807) is 7.11 Å². The van der Waals surface area contributed by atoms with Crippen molar-refractivity contribution in [2.45, 2.75) is 43.1 Å². The summed E-state index contributed by atoms with van der Waals surface area (Å²) in [7, 11) is 0.553. The fraction of sp³-hybridized carbons (Fsp3) is 1.00. The third-order valence-corrected chi connectivity index (χ3v) is 5.32. The van der Waals surface area contributed by atoms with E-state index in [4.69, 9.17) is 4.74 Å². The van der Waals surface area contributed by atoms with Crippen molar-refractivity contribution >= 4 is 9.84 Å². The standard InChI is InChI=1S/C12H25NO4S/c1-13(8-11(14)9-17-2)10-5-4-6-12(7-10)18(3,15)16/h10-12,14H,4-9H2,1-3H3. The molecule has 1 aliphatic rings. The first kappa shape index (κ1) is 15.9. The minimum atomic E-state index is -2.94. The van der Waals surface area contributed by atoms with Crippen molar-refractivity contribution in [2.24, 2.45) is 0 Å². The number of aliphatic hydroxyl groups is 1. The summed E-state index contributed by atoms with van der Waals surface area (Å²) in [6, 6.07) is 0.241. The smallest absolute Gasteiger partial charge is 0.150 e. The predicted octanol–water partition coefficient (Wildman–Crippen LogP) is 0.281. The van der Waals surface area contributed by atoms with E-state index in [1.165, 1.54) is 6.26 Å². The van der Waals surface area contributed by atoms with E-state index in [0.717, 1.165) is 19.3 Å². The number of methoxy groups -OCH3 is 1. The molecule has 0 aromatic carbocycles. The lowest BCUT2D eigenvalue weighted by molar-refractivity contribution is 0.0301. The summed E-state index contributed by atoms with van der Waals surface area (Å²) in [5.41, 5.74) is 0. The summed E-state index contributed by atoms with van der Waals surface area (Å²) in [6.07, 6.45) is 4.19. The van der Waals surface area contributed by atoms with Crippen LogP contribution in [0.2, 0.25) is 0 Å². The first-order valence-corrected chi connectivity index (χ1v) is 8.36. The van der Waals surface area contributed by atoms with Crippen LogP contribution in [0.3, 0.4) is 0 Å². The molecule has 18 heavy (non-hydrogen) atoms. The molecular formula is C12H25NO4S. The summed E-state index contributed by atoms with van der Waals surface area (Å²) >= 11 is 0. The molecule has 3 atom stereocenters. The van der Waals surface area contributed by atoms with Crippen molar-refractivity contribution in [3.05, 3.63) is 0 Å². The van der Waals surface area contributed by atoms with Gasteiger partial charge in [-0.05, 0) is 26.3 Å². The second-order valence-corrected chi connectivity index (χ2v) is 7.65. The molecule has 6 heteroatoms. The highest BCUT2D eigenvalue weighted by molar-refractivity contribution is 7.91. The van der Waals surface area contributed by atoms with Gasteiger partial charge in [0.2, 0.25) is 0 Å². The molecule has 1 N–H and O–H groups in total. The van der Waals surface area contributed by atoms with Crippen molar-refractivity contribution in [1.29, 1.82) is 0 Å². The summed E-state index contributed by atoms with van der Waals surface area (Å²) in [5.74, 6) is 0. The number of sulfone groups is 1. The summed E-state index contributed by atoms with van der Waals surface area (Å²) in [6.45, 7) is 0.835. The molecule has 0 aliphatic heterocycles. The van der Waals surface area contributed by atoms with Crippen molar-refractivity contribution < 1.29 is 18.3 Å². The van der Waals surface area contributed by atoms with Gasteiger partial charge < -0.3 is 14.7 Å². The molecule has 0 heterocycles. The molecule has 1 saturated carbocycles. The lowest BCUT2D eigenvalue weighted by Gasteiger charge is -2.35. The number of likely N-dealkylation sites (N-methyl/N-ethyl adjacent to an activating group) is 1. The van der Waals surface area contributed by atoms with Crippen LogP contribution in [0.25, 0.3) is 0 Å². The number of hydrogen-bond acceptors (Lipinski definition) is 5. The van der Waals surface area contributed by atoms with Crippen LogP contribution in [0.4, 0.5) is 0 Å². The van der Waals surface area contributed by atoms with Gasteiger partial charge in [-0.2, -0.15) is 0 Å². The van der Waals surface area contributed by atoms with E-state index in [1.807, 2.05) is 7.05 Å². The zero-order valence-electron chi connectivity index (χ0n) is 11.5. The Kier molecular flexibility index (Phi) is 6.04. The lowest BCUT2D eigenvalue weighted by atomic mass is 9.94. The van der Waals surface area contributed by atoms with E-state index in [9.17, 15) is 13.5 Å². The fourth-order valence-electron chi connectivity index (χ4n) is 2.64. The molecule has 0 radical (unpaired) electrons.